The summed E-state index contributed by atoms with van der Waals surface area (Å²) >= 11 is 0. The van der Waals surface area contributed by atoms with Crippen LogP contribution >= 0.6 is 0 Å². The molecule has 2 fully saturated rings. The van der Waals surface area contributed by atoms with Crippen LogP contribution in [-0.2, 0) is 13.1 Å². The first-order chi connectivity index (χ1) is 12.7. The van der Waals surface area contributed by atoms with E-state index in [1.165, 1.54) is 5.56 Å². The van der Waals surface area contributed by atoms with Crippen molar-refractivity contribution in [1.29, 1.82) is 0 Å². The number of methoxy groups -OCH3 is 1. The van der Waals surface area contributed by atoms with E-state index in [-0.39, 0.29) is 12.1 Å². The molecule has 2 saturated heterocycles. The average Bonchev–Trinajstić information content (AvgIpc) is 2.98. The lowest BCUT2D eigenvalue weighted by Gasteiger charge is -2.36. The van der Waals surface area contributed by atoms with Crippen molar-refractivity contribution >= 4 is 6.03 Å². The zero-order valence-electron chi connectivity index (χ0n) is 15.0. The minimum Gasteiger partial charge on any atom is -0.497 e. The Kier molecular flexibility index (Phi) is 4.75. The van der Waals surface area contributed by atoms with Crippen molar-refractivity contribution in [2.75, 3.05) is 33.3 Å². The van der Waals surface area contributed by atoms with Crippen molar-refractivity contribution in [3.63, 3.8) is 0 Å². The number of rotatable bonds is 5. The van der Waals surface area contributed by atoms with Gasteiger partial charge in [0.2, 0.25) is 0 Å². The number of piperazine rings is 1. The van der Waals surface area contributed by atoms with Gasteiger partial charge in [-0.25, -0.2) is 4.79 Å². The van der Waals surface area contributed by atoms with Gasteiger partial charge in [0, 0.05) is 51.7 Å². The van der Waals surface area contributed by atoms with Gasteiger partial charge < -0.3 is 14.5 Å². The van der Waals surface area contributed by atoms with E-state index in [0.29, 0.717) is 6.54 Å². The lowest BCUT2D eigenvalue weighted by atomic mass is 10.1. The first-order valence-electron chi connectivity index (χ1n) is 9.02. The largest absolute Gasteiger partial charge is 0.497 e. The molecule has 2 amide bonds. The van der Waals surface area contributed by atoms with E-state index in [9.17, 15) is 4.79 Å². The Morgan fingerprint density at radius 2 is 1.92 bits per heavy atom. The molecule has 4 rings (SSSR count). The summed E-state index contributed by atoms with van der Waals surface area (Å²) in [6.45, 7) is 4.95. The summed E-state index contributed by atoms with van der Waals surface area (Å²) < 4.78 is 5.20. The van der Waals surface area contributed by atoms with E-state index in [1.807, 2.05) is 46.3 Å². The highest BCUT2D eigenvalue weighted by atomic mass is 16.5. The number of hydrogen-bond acceptors (Lipinski definition) is 4. The quantitative estimate of drug-likeness (QED) is 0.828. The minimum atomic E-state index is 0.159. The highest BCUT2D eigenvalue weighted by Crippen LogP contribution is 2.24. The molecule has 2 aliphatic heterocycles. The summed E-state index contributed by atoms with van der Waals surface area (Å²) in [6, 6.07) is 12.4. The van der Waals surface area contributed by atoms with Crippen LogP contribution in [0.1, 0.15) is 11.1 Å². The molecule has 0 spiro atoms. The number of ether oxygens (including phenoxy) is 1. The molecule has 0 N–H and O–H groups in total. The van der Waals surface area contributed by atoms with Gasteiger partial charge in [-0.2, -0.15) is 0 Å². The number of carbonyl (C=O) groups is 1. The van der Waals surface area contributed by atoms with Gasteiger partial charge in [0.15, 0.2) is 0 Å². The fourth-order valence-electron chi connectivity index (χ4n) is 3.82. The van der Waals surface area contributed by atoms with E-state index in [2.05, 4.69) is 16.0 Å². The molecular weight excluding hydrogens is 328 g/mol. The van der Waals surface area contributed by atoms with Crippen molar-refractivity contribution in [1.82, 2.24) is 19.7 Å². The third-order valence-electron chi connectivity index (χ3n) is 5.18. The van der Waals surface area contributed by atoms with Gasteiger partial charge in [-0.05, 0) is 29.3 Å². The van der Waals surface area contributed by atoms with Crippen LogP contribution in [0.15, 0.2) is 48.8 Å². The maximum absolute atomic E-state index is 12.7. The van der Waals surface area contributed by atoms with Crippen molar-refractivity contribution in [3.05, 3.63) is 59.9 Å². The molecule has 136 valence electrons. The third-order valence-corrected chi connectivity index (χ3v) is 5.18. The zero-order valence-corrected chi connectivity index (χ0v) is 15.0. The topological polar surface area (TPSA) is 48.9 Å². The molecule has 2 aliphatic rings. The Balaban J connectivity index is 1.37. The predicted molar refractivity (Wildman–Crippen MR) is 98.8 cm³/mol. The Morgan fingerprint density at radius 3 is 2.65 bits per heavy atom. The fourth-order valence-corrected chi connectivity index (χ4v) is 3.82. The Labute approximate surface area is 154 Å². The van der Waals surface area contributed by atoms with Crippen molar-refractivity contribution in [2.45, 2.75) is 19.1 Å². The van der Waals surface area contributed by atoms with Crippen LogP contribution in [0.4, 0.5) is 4.79 Å². The highest BCUT2D eigenvalue weighted by Gasteiger charge is 2.40. The highest BCUT2D eigenvalue weighted by molar-refractivity contribution is 5.77. The van der Waals surface area contributed by atoms with Gasteiger partial charge in [-0.15, -0.1) is 0 Å². The van der Waals surface area contributed by atoms with Gasteiger partial charge in [0.25, 0.3) is 0 Å². The third kappa shape index (κ3) is 3.51. The second-order valence-electron chi connectivity index (χ2n) is 6.95. The Hall–Kier alpha value is -2.60. The van der Waals surface area contributed by atoms with E-state index in [4.69, 9.17) is 4.74 Å². The molecule has 26 heavy (non-hydrogen) atoms. The van der Waals surface area contributed by atoms with Crippen LogP contribution in [-0.4, -0.2) is 65.0 Å². The molecule has 1 aromatic heterocycles. The molecule has 0 aliphatic carbocycles. The Bertz CT molecular complexity index is 750. The molecule has 3 heterocycles. The van der Waals surface area contributed by atoms with E-state index < -0.39 is 0 Å². The number of amides is 2. The standard InChI is InChI=1S/C20H24N4O2/c1-26-19-6-4-16(5-7-19)13-23-15-18-14-22(9-10-24(18)20(23)25)12-17-3-2-8-21-11-17/h2-8,11,18H,9-10,12-15H2,1H3. The van der Waals surface area contributed by atoms with Gasteiger partial charge in [-0.3, -0.25) is 9.88 Å². The average molecular weight is 352 g/mol. The molecule has 0 bridgehead atoms. The normalized spacial score (nSPS) is 20.3. The molecule has 6 heteroatoms. The molecule has 1 aromatic carbocycles. The lowest BCUT2D eigenvalue weighted by molar-refractivity contribution is 0.116. The Morgan fingerprint density at radius 1 is 1.08 bits per heavy atom. The van der Waals surface area contributed by atoms with Crippen LogP contribution in [0.2, 0.25) is 0 Å². The number of pyridine rings is 1. The first-order valence-corrected chi connectivity index (χ1v) is 9.02. The number of urea groups is 1. The van der Waals surface area contributed by atoms with Gasteiger partial charge >= 0.3 is 6.03 Å². The van der Waals surface area contributed by atoms with Gasteiger partial charge in [-0.1, -0.05) is 18.2 Å². The number of fused-ring (bicyclic) bond motifs is 1. The number of benzene rings is 1. The van der Waals surface area contributed by atoms with Crippen LogP contribution in [0.3, 0.4) is 0 Å². The number of aromatic nitrogens is 1. The molecule has 1 atom stereocenters. The van der Waals surface area contributed by atoms with Gasteiger partial charge in [0.1, 0.15) is 5.75 Å². The van der Waals surface area contributed by atoms with E-state index in [1.54, 1.807) is 13.3 Å². The summed E-state index contributed by atoms with van der Waals surface area (Å²) in [5.74, 6) is 0.838. The van der Waals surface area contributed by atoms with Crippen LogP contribution in [0.5, 0.6) is 5.75 Å². The van der Waals surface area contributed by atoms with Crippen molar-refractivity contribution in [2.24, 2.45) is 0 Å². The maximum Gasteiger partial charge on any atom is 0.320 e. The maximum atomic E-state index is 12.7. The number of nitrogens with zero attached hydrogens (tertiary/aromatic N) is 4. The predicted octanol–water partition coefficient (Wildman–Crippen LogP) is 2.21. The molecule has 2 aromatic rings. The molecule has 0 saturated carbocycles. The number of carbonyl (C=O) groups excluding carboxylic acids is 1. The minimum absolute atomic E-state index is 0.159. The second-order valence-corrected chi connectivity index (χ2v) is 6.95. The molecular formula is C20H24N4O2. The molecule has 1 unspecified atom stereocenters. The van der Waals surface area contributed by atoms with Crippen molar-refractivity contribution < 1.29 is 9.53 Å². The summed E-state index contributed by atoms with van der Waals surface area (Å²) in [6.07, 6.45) is 3.72. The van der Waals surface area contributed by atoms with E-state index in [0.717, 1.165) is 44.0 Å². The summed E-state index contributed by atoms with van der Waals surface area (Å²) in [7, 11) is 1.66. The zero-order chi connectivity index (χ0) is 17.9. The fraction of sp³-hybridized carbons (Fsp3) is 0.400. The van der Waals surface area contributed by atoms with Gasteiger partial charge in [0.05, 0.1) is 13.2 Å². The molecule has 6 nitrogen and oxygen atoms in total. The summed E-state index contributed by atoms with van der Waals surface area (Å²) in [5, 5.41) is 0. The lowest BCUT2D eigenvalue weighted by Crippen LogP contribution is -2.51. The van der Waals surface area contributed by atoms with Crippen LogP contribution in [0.25, 0.3) is 0 Å². The monoisotopic (exact) mass is 352 g/mol. The smallest absolute Gasteiger partial charge is 0.320 e. The van der Waals surface area contributed by atoms with E-state index >= 15 is 0 Å². The second kappa shape index (κ2) is 7.33. The van der Waals surface area contributed by atoms with Crippen molar-refractivity contribution in [3.8, 4) is 5.75 Å². The SMILES string of the molecule is COc1ccc(CN2CC3CN(Cc4cccnc4)CCN3C2=O)cc1. The molecule has 0 radical (unpaired) electrons. The summed E-state index contributed by atoms with van der Waals surface area (Å²) in [5.41, 5.74) is 2.35. The summed E-state index contributed by atoms with van der Waals surface area (Å²) in [4.78, 5) is 23.3. The van der Waals surface area contributed by atoms with Crippen LogP contribution < -0.4 is 4.74 Å². The van der Waals surface area contributed by atoms with Crippen LogP contribution in [0, 0.1) is 0 Å². The number of hydrogen-bond donors (Lipinski definition) is 0. The first kappa shape index (κ1) is 16.8.